The Kier molecular flexibility index (Phi) is 2.51. The number of rotatable bonds is 2. The van der Waals surface area contributed by atoms with Gasteiger partial charge in [0.2, 0.25) is 6.29 Å². The third kappa shape index (κ3) is 1.47. The van der Waals surface area contributed by atoms with Crippen molar-refractivity contribution >= 4 is 6.29 Å². The van der Waals surface area contributed by atoms with Gasteiger partial charge in [0, 0.05) is 0 Å². The van der Waals surface area contributed by atoms with Crippen molar-refractivity contribution in [3.05, 3.63) is 28.2 Å². The zero-order chi connectivity index (χ0) is 10.0. The number of methoxy groups -OCH3 is 1. The van der Waals surface area contributed by atoms with Gasteiger partial charge in [0.1, 0.15) is 5.75 Å². The Hall–Kier alpha value is -1.58. The first-order valence-corrected chi connectivity index (χ1v) is 3.84. The molecular formula is C9H11NO3. The average molecular weight is 181 g/mol. The van der Waals surface area contributed by atoms with Crippen LogP contribution in [0.25, 0.3) is 0 Å². The third-order valence-electron chi connectivity index (χ3n) is 1.95. The number of carbonyl (C=O) groups excluding carboxylic acids is 1. The van der Waals surface area contributed by atoms with Crippen molar-refractivity contribution < 1.29 is 14.3 Å². The van der Waals surface area contributed by atoms with Crippen LogP contribution >= 0.6 is 0 Å². The van der Waals surface area contributed by atoms with Gasteiger partial charge in [-0.25, -0.2) is 0 Å². The number of carbonyl (C=O) groups is 1. The number of hydrogen-bond donors (Lipinski definition) is 0. The minimum absolute atomic E-state index is 0.0995. The molecule has 1 heterocycles. The molecule has 0 radical (unpaired) electrons. The Bertz CT molecular complexity index is 347. The quantitative estimate of drug-likeness (QED) is 0.384. The van der Waals surface area contributed by atoms with Gasteiger partial charge in [-0.2, -0.15) is 4.73 Å². The van der Waals surface area contributed by atoms with E-state index in [0.29, 0.717) is 22.3 Å². The van der Waals surface area contributed by atoms with Crippen LogP contribution in [-0.2, 0) is 0 Å². The molecule has 13 heavy (non-hydrogen) atoms. The predicted molar refractivity (Wildman–Crippen MR) is 46.8 cm³/mol. The molecule has 0 aromatic carbocycles. The van der Waals surface area contributed by atoms with Gasteiger partial charge in [-0.3, -0.25) is 4.79 Å². The first-order valence-electron chi connectivity index (χ1n) is 3.84. The number of nitrogens with zero attached hydrogens (tertiary/aromatic N) is 1. The van der Waals surface area contributed by atoms with Gasteiger partial charge in [-0.1, -0.05) is 0 Å². The molecule has 0 bridgehead atoms. The molecule has 0 N–H and O–H groups in total. The molecule has 0 atom stereocenters. The minimum Gasteiger partial charge on any atom is -0.618 e. The predicted octanol–water partition coefficient (Wildman–Crippen LogP) is 0.758. The molecule has 0 aliphatic rings. The molecule has 0 aliphatic heterocycles. The Morgan fingerprint density at radius 1 is 1.54 bits per heavy atom. The first-order chi connectivity index (χ1) is 6.11. The Balaban J connectivity index is 3.47. The summed E-state index contributed by atoms with van der Waals surface area (Å²) in [5.74, 6) is 0.592. The summed E-state index contributed by atoms with van der Waals surface area (Å²) in [5.41, 5.74) is 1.40. The van der Waals surface area contributed by atoms with Crippen LogP contribution in [0.3, 0.4) is 0 Å². The summed E-state index contributed by atoms with van der Waals surface area (Å²) in [6, 6.07) is 0. The van der Waals surface area contributed by atoms with E-state index >= 15 is 0 Å². The van der Waals surface area contributed by atoms with Crippen LogP contribution in [0.15, 0.2) is 6.20 Å². The minimum atomic E-state index is 0.0995. The van der Waals surface area contributed by atoms with E-state index in [1.54, 1.807) is 13.8 Å². The fraction of sp³-hybridized carbons (Fsp3) is 0.333. The van der Waals surface area contributed by atoms with Crippen molar-refractivity contribution in [2.45, 2.75) is 13.8 Å². The fourth-order valence-corrected chi connectivity index (χ4v) is 1.34. The lowest BCUT2D eigenvalue weighted by Gasteiger charge is -2.09. The van der Waals surface area contributed by atoms with E-state index in [1.807, 2.05) is 0 Å². The Morgan fingerprint density at radius 2 is 2.15 bits per heavy atom. The van der Waals surface area contributed by atoms with E-state index in [2.05, 4.69) is 0 Å². The lowest BCUT2D eigenvalue weighted by atomic mass is 10.1. The highest BCUT2D eigenvalue weighted by Gasteiger charge is 2.16. The van der Waals surface area contributed by atoms with Crippen LogP contribution in [0, 0.1) is 19.1 Å². The molecule has 1 aromatic rings. The Morgan fingerprint density at radius 3 is 2.62 bits per heavy atom. The van der Waals surface area contributed by atoms with Crippen LogP contribution < -0.4 is 9.47 Å². The number of ether oxygens (including phenoxy) is 1. The van der Waals surface area contributed by atoms with Gasteiger partial charge in [0.15, 0.2) is 6.20 Å². The largest absolute Gasteiger partial charge is 0.618 e. The number of aryl methyl sites for hydroxylation is 1. The second-order valence-corrected chi connectivity index (χ2v) is 2.80. The number of pyridine rings is 1. The van der Waals surface area contributed by atoms with Crippen molar-refractivity contribution in [2.75, 3.05) is 7.11 Å². The highest BCUT2D eigenvalue weighted by Crippen LogP contribution is 2.21. The highest BCUT2D eigenvalue weighted by molar-refractivity contribution is 5.73. The van der Waals surface area contributed by atoms with Crippen LogP contribution in [0.4, 0.5) is 0 Å². The second-order valence-electron chi connectivity index (χ2n) is 2.80. The molecule has 0 aliphatic carbocycles. The molecule has 0 amide bonds. The zero-order valence-electron chi connectivity index (χ0n) is 7.83. The van der Waals surface area contributed by atoms with Gasteiger partial charge in [0.05, 0.1) is 18.2 Å². The molecular weight excluding hydrogens is 170 g/mol. The van der Waals surface area contributed by atoms with Crippen molar-refractivity contribution in [1.29, 1.82) is 0 Å². The standard InChI is InChI=1S/C9H11NO3/c1-6-4-10(12)8(5-11)7(2)9(6)13-3/h4-5H,1-3H3. The molecule has 4 heteroatoms. The molecule has 1 aromatic heterocycles. The smallest absolute Gasteiger partial charge is 0.263 e. The molecule has 1 rings (SSSR count). The average Bonchev–Trinajstić information content (AvgIpc) is 2.04. The van der Waals surface area contributed by atoms with E-state index in [9.17, 15) is 10.0 Å². The van der Waals surface area contributed by atoms with Gasteiger partial charge < -0.3 is 9.94 Å². The van der Waals surface area contributed by atoms with Crippen molar-refractivity contribution in [2.24, 2.45) is 0 Å². The summed E-state index contributed by atoms with van der Waals surface area (Å²) in [4.78, 5) is 10.6. The molecule has 0 spiro atoms. The molecule has 4 nitrogen and oxygen atoms in total. The lowest BCUT2D eigenvalue weighted by molar-refractivity contribution is -0.607. The first kappa shape index (κ1) is 9.51. The maximum Gasteiger partial charge on any atom is 0.263 e. The highest BCUT2D eigenvalue weighted by atomic mass is 16.5. The lowest BCUT2D eigenvalue weighted by Crippen LogP contribution is -2.33. The van der Waals surface area contributed by atoms with Gasteiger partial charge >= 0.3 is 0 Å². The summed E-state index contributed by atoms with van der Waals surface area (Å²) in [5, 5.41) is 11.2. The van der Waals surface area contributed by atoms with Crippen LogP contribution in [-0.4, -0.2) is 13.4 Å². The van der Waals surface area contributed by atoms with Crippen molar-refractivity contribution in [3.63, 3.8) is 0 Å². The maximum absolute atomic E-state index is 11.2. The van der Waals surface area contributed by atoms with Gasteiger partial charge in [-0.05, 0) is 13.8 Å². The number of aromatic nitrogens is 1. The van der Waals surface area contributed by atoms with E-state index in [4.69, 9.17) is 4.74 Å². The third-order valence-corrected chi connectivity index (χ3v) is 1.95. The normalized spacial score (nSPS) is 9.77. The molecule has 70 valence electrons. The fourth-order valence-electron chi connectivity index (χ4n) is 1.34. The van der Waals surface area contributed by atoms with Crippen LogP contribution in [0.2, 0.25) is 0 Å². The summed E-state index contributed by atoms with van der Waals surface area (Å²) < 4.78 is 5.62. The topological polar surface area (TPSA) is 53.2 Å². The van der Waals surface area contributed by atoms with Crippen LogP contribution in [0.1, 0.15) is 21.6 Å². The van der Waals surface area contributed by atoms with Crippen LogP contribution in [0.5, 0.6) is 5.75 Å². The van der Waals surface area contributed by atoms with Crippen molar-refractivity contribution in [1.82, 2.24) is 0 Å². The summed E-state index contributed by atoms with van der Waals surface area (Å²) in [6.07, 6.45) is 1.86. The second kappa shape index (κ2) is 3.43. The zero-order valence-corrected chi connectivity index (χ0v) is 7.83. The number of aldehydes is 1. The molecule has 0 unspecified atom stereocenters. The molecule has 0 saturated carbocycles. The number of hydrogen-bond acceptors (Lipinski definition) is 3. The van der Waals surface area contributed by atoms with Gasteiger partial charge in [-0.15, -0.1) is 0 Å². The van der Waals surface area contributed by atoms with E-state index in [0.717, 1.165) is 5.56 Å². The Labute approximate surface area is 76.3 Å². The van der Waals surface area contributed by atoms with Gasteiger partial charge in [0.25, 0.3) is 5.69 Å². The van der Waals surface area contributed by atoms with E-state index in [1.165, 1.54) is 13.3 Å². The summed E-state index contributed by atoms with van der Waals surface area (Å²) in [6.45, 7) is 3.44. The summed E-state index contributed by atoms with van der Waals surface area (Å²) >= 11 is 0. The van der Waals surface area contributed by atoms with E-state index < -0.39 is 0 Å². The summed E-state index contributed by atoms with van der Waals surface area (Å²) in [7, 11) is 1.51. The van der Waals surface area contributed by atoms with Crippen molar-refractivity contribution in [3.8, 4) is 5.75 Å². The van der Waals surface area contributed by atoms with E-state index in [-0.39, 0.29) is 5.69 Å². The SMILES string of the molecule is COc1c(C)c[n+]([O-])c(C=O)c1C. The molecule has 0 fully saturated rings. The molecule has 0 saturated heterocycles. The monoisotopic (exact) mass is 181 g/mol. The maximum atomic E-state index is 11.2.